The van der Waals surface area contributed by atoms with Crippen LogP contribution in [0.5, 0.6) is 0 Å². The topological polar surface area (TPSA) is 66.6 Å². The number of hydrogen-bond acceptors (Lipinski definition) is 4. The molecule has 0 saturated heterocycles. The highest BCUT2D eigenvalue weighted by atomic mass is 32.1. The van der Waals surface area contributed by atoms with Crippen molar-refractivity contribution >= 4 is 33.0 Å². The van der Waals surface area contributed by atoms with Gasteiger partial charge in [0.05, 0.1) is 11.0 Å². The van der Waals surface area contributed by atoms with Gasteiger partial charge in [0.25, 0.3) is 5.91 Å². The fraction of sp³-hybridized carbons (Fsp3) is 0.357. The van der Waals surface area contributed by atoms with Crippen molar-refractivity contribution in [2.24, 2.45) is 0 Å². The van der Waals surface area contributed by atoms with Gasteiger partial charge >= 0.3 is 0 Å². The van der Waals surface area contributed by atoms with Crippen LogP contribution in [0.2, 0.25) is 0 Å². The maximum Gasteiger partial charge on any atom is 0.263 e. The van der Waals surface area contributed by atoms with Crippen molar-refractivity contribution in [2.75, 3.05) is 19.3 Å². The van der Waals surface area contributed by atoms with Crippen LogP contribution in [-0.2, 0) is 0 Å². The van der Waals surface area contributed by atoms with E-state index in [1.807, 2.05) is 24.3 Å². The Bertz CT molecular complexity index is 592. The number of amides is 1. The molecule has 1 aromatic carbocycles. The highest BCUT2D eigenvalue weighted by Gasteiger charge is 2.15. The number of carbonyl (C=O) groups excluding carboxylic acids is 1. The monoisotopic (exact) mass is 278 g/mol. The van der Waals surface area contributed by atoms with Crippen LogP contribution >= 0.6 is 11.3 Å². The van der Waals surface area contributed by atoms with Crippen molar-refractivity contribution in [3.8, 4) is 0 Å². The summed E-state index contributed by atoms with van der Waals surface area (Å²) in [6.45, 7) is 2.27. The van der Waals surface area contributed by atoms with E-state index in [0.29, 0.717) is 23.5 Å². The first-order chi connectivity index (χ1) is 8.97. The molecule has 0 radical (unpaired) electrons. The summed E-state index contributed by atoms with van der Waals surface area (Å²) in [7, 11) is 1.75. The van der Waals surface area contributed by atoms with Crippen LogP contribution in [0.3, 0.4) is 0 Å². The number of nitrogen functional groups attached to an aromatic ring is 1. The molecule has 19 heavy (non-hydrogen) atoms. The number of aliphatic hydroxyl groups is 1. The van der Waals surface area contributed by atoms with Crippen molar-refractivity contribution < 1.29 is 9.90 Å². The number of fused-ring (bicyclic) bond motifs is 1. The summed E-state index contributed by atoms with van der Waals surface area (Å²) in [6, 6.07) is 7.52. The molecule has 1 amide bonds. The van der Waals surface area contributed by atoms with E-state index in [2.05, 4.69) is 0 Å². The molecule has 0 bridgehead atoms. The molecule has 1 heterocycles. The molecule has 102 valence electrons. The first-order valence-electron chi connectivity index (χ1n) is 6.20. The van der Waals surface area contributed by atoms with Gasteiger partial charge < -0.3 is 15.7 Å². The largest absolute Gasteiger partial charge is 0.399 e. The second-order valence-corrected chi connectivity index (χ2v) is 5.86. The normalized spacial score (nSPS) is 12.6. The van der Waals surface area contributed by atoms with Gasteiger partial charge in [0.15, 0.2) is 0 Å². The molecular weight excluding hydrogens is 260 g/mol. The Kier molecular flexibility index (Phi) is 4.07. The fourth-order valence-corrected chi connectivity index (χ4v) is 2.88. The van der Waals surface area contributed by atoms with Crippen LogP contribution in [0.4, 0.5) is 5.69 Å². The smallest absolute Gasteiger partial charge is 0.263 e. The molecule has 1 atom stereocenters. The predicted molar refractivity (Wildman–Crippen MR) is 79.5 cm³/mol. The Morgan fingerprint density at radius 1 is 1.47 bits per heavy atom. The number of anilines is 1. The van der Waals surface area contributed by atoms with E-state index in [1.165, 1.54) is 11.3 Å². The van der Waals surface area contributed by atoms with E-state index in [0.717, 1.165) is 10.1 Å². The molecule has 2 aromatic rings. The Morgan fingerprint density at radius 3 is 2.89 bits per heavy atom. The van der Waals surface area contributed by atoms with E-state index >= 15 is 0 Å². The lowest BCUT2D eigenvalue weighted by molar-refractivity contribution is 0.0773. The minimum absolute atomic E-state index is 0.0135. The summed E-state index contributed by atoms with van der Waals surface area (Å²) in [6.07, 6.45) is 0.192. The lowest BCUT2D eigenvalue weighted by atomic mass is 10.2. The number of rotatable bonds is 4. The summed E-state index contributed by atoms with van der Waals surface area (Å²) in [4.78, 5) is 14.6. The molecule has 1 aromatic heterocycles. The molecule has 2 rings (SSSR count). The lowest BCUT2D eigenvalue weighted by Gasteiger charge is -2.16. The van der Waals surface area contributed by atoms with E-state index in [9.17, 15) is 9.90 Å². The summed E-state index contributed by atoms with van der Waals surface area (Å²) >= 11 is 1.47. The molecule has 3 N–H and O–H groups in total. The Labute approximate surface area is 116 Å². The standard InChI is InChI=1S/C14H18N2O2S/c1-9(17)5-6-16(2)14(18)13-8-10-7-11(15)3-4-12(10)19-13/h3-4,7-9,17H,5-6,15H2,1-2H3. The second-order valence-electron chi connectivity index (χ2n) is 4.77. The average molecular weight is 278 g/mol. The second kappa shape index (κ2) is 5.59. The first-order valence-corrected chi connectivity index (χ1v) is 7.01. The van der Waals surface area contributed by atoms with Crippen LogP contribution in [0, 0.1) is 0 Å². The van der Waals surface area contributed by atoms with Crippen LogP contribution < -0.4 is 5.73 Å². The van der Waals surface area contributed by atoms with Gasteiger partial charge in [-0.25, -0.2) is 0 Å². The zero-order chi connectivity index (χ0) is 14.0. The van der Waals surface area contributed by atoms with E-state index in [4.69, 9.17) is 5.73 Å². The number of hydrogen-bond donors (Lipinski definition) is 2. The fourth-order valence-electron chi connectivity index (χ4n) is 1.84. The van der Waals surface area contributed by atoms with Crippen LogP contribution in [-0.4, -0.2) is 35.6 Å². The van der Waals surface area contributed by atoms with Crippen LogP contribution in [0.25, 0.3) is 10.1 Å². The zero-order valence-electron chi connectivity index (χ0n) is 11.1. The molecule has 4 nitrogen and oxygen atoms in total. The molecule has 1 unspecified atom stereocenters. The van der Waals surface area contributed by atoms with Crippen molar-refractivity contribution in [2.45, 2.75) is 19.4 Å². The lowest BCUT2D eigenvalue weighted by Crippen LogP contribution is -2.28. The predicted octanol–water partition coefficient (Wildman–Crippen LogP) is 2.33. The van der Waals surface area contributed by atoms with Crippen molar-refractivity contribution in [3.05, 3.63) is 29.1 Å². The zero-order valence-corrected chi connectivity index (χ0v) is 11.9. The van der Waals surface area contributed by atoms with Gasteiger partial charge in [-0.2, -0.15) is 0 Å². The van der Waals surface area contributed by atoms with Gasteiger partial charge in [0.1, 0.15) is 0 Å². The van der Waals surface area contributed by atoms with Gasteiger partial charge in [0, 0.05) is 24.0 Å². The number of nitrogens with zero attached hydrogens (tertiary/aromatic N) is 1. The third-order valence-corrected chi connectivity index (χ3v) is 4.08. The SMILES string of the molecule is CC(O)CCN(C)C(=O)c1cc2cc(N)ccc2s1. The molecule has 0 saturated carbocycles. The highest BCUT2D eigenvalue weighted by Crippen LogP contribution is 2.28. The van der Waals surface area contributed by atoms with E-state index in [-0.39, 0.29) is 5.91 Å². The van der Waals surface area contributed by atoms with Crippen molar-refractivity contribution in [1.82, 2.24) is 4.90 Å². The minimum Gasteiger partial charge on any atom is -0.399 e. The number of benzene rings is 1. The average Bonchev–Trinajstić information content (AvgIpc) is 2.77. The summed E-state index contributed by atoms with van der Waals surface area (Å²) in [5.74, 6) is -0.0135. The molecule has 0 aliphatic heterocycles. The van der Waals surface area contributed by atoms with Gasteiger partial charge in [-0.3, -0.25) is 4.79 Å². The van der Waals surface area contributed by atoms with Crippen LogP contribution in [0.15, 0.2) is 24.3 Å². The van der Waals surface area contributed by atoms with Gasteiger partial charge in [-0.15, -0.1) is 11.3 Å². The molecule has 0 aliphatic rings. The van der Waals surface area contributed by atoms with Gasteiger partial charge in [-0.05, 0) is 43.0 Å². The number of nitrogens with two attached hydrogens (primary N) is 1. The molecule has 5 heteroatoms. The number of thiophene rings is 1. The third kappa shape index (κ3) is 3.24. The first kappa shape index (κ1) is 13.8. The molecule has 0 aliphatic carbocycles. The molecule has 0 spiro atoms. The maximum absolute atomic E-state index is 12.2. The number of carbonyl (C=O) groups is 1. The third-order valence-electron chi connectivity index (χ3n) is 2.98. The maximum atomic E-state index is 12.2. The van der Waals surface area contributed by atoms with Crippen molar-refractivity contribution in [3.63, 3.8) is 0 Å². The molecule has 0 fully saturated rings. The number of aliphatic hydroxyl groups excluding tert-OH is 1. The quantitative estimate of drug-likeness (QED) is 0.843. The Hall–Kier alpha value is -1.59. The van der Waals surface area contributed by atoms with E-state index in [1.54, 1.807) is 18.9 Å². The summed E-state index contributed by atoms with van der Waals surface area (Å²) in [5.41, 5.74) is 6.43. The van der Waals surface area contributed by atoms with Gasteiger partial charge in [-0.1, -0.05) is 0 Å². The minimum atomic E-state index is -0.391. The van der Waals surface area contributed by atoms with Crippen molar-refractivity contribution in [1.29, 1.82) is 0 Å². The van der Waals surface area contributed by atoms with Gasteiger partial charge in [0.2, 0.25) is 0 Å². The van der Waals surface area contributed by atoms with Crippen LogP contribution in [0.1, 0.15) is 23.0 Å². The summed E-state index contributed by atoms with van der Waals surface area (Å²) in [5, 5.41) is 10.2. The Morgan fingerprint density at radius 2 is 2.21 bits per heavy atom. The molecular formula is C14H18N2O2S. The highest BCUT2D eigenvalue weighted by molar-refractivity contribution is 7.20. The van der Waals surface area contributed by atoms with E-state index < -0.39 is 6.10 Å². The Balaban J connectivity index is 2.16. The summed E-state index contributed by atoms with van der Waals surface area (Å²) < 4.78 is 1.06.